The summed E-state index contributed by atoms with van der Waals surface area (Å²) in [6.45, 7) is 8.28. The highest BCUT2D eigenvalue weighted by Crippen LogP contribution is 2.27. The van der Waals surface area contributed by atoms with Crippen molar-refractivity contribution in [2.75, 3.05) is 31.6 Å². The van der Waals surface area contributed by atoms with Crippen LogP contribution in [0.1, 0.15) is 38.3 Å². The van der Waals surface area contributed by atoms with Gasteiger partial charge in [-0.05, 0) is 50.8 Å². The third-order valence-corrected chi connectivity index (χ3v) is 6.70. The molecule has 0 bridgehead atoms. The van der Waals surface area contributed by atoms with Crippen LogP contribution in [-0.4, -0.2) is 63.9 Å². The fourth-order valence-electron chi connectivity index (χ4n) is 4.91. The fourth-order valence-corrected chi connectivity index (χ4v) is 4.91. The largest absolute Gasteiger partial charge is 0.379 e. The molecule has 2 atom stereocenters. The highest BCUT2D eigenvalue weighted by molar-refractivity contribution is 5.82. The van der Waals surface area contributed by atoms with Gasteiger partial charge in [0.1, 0.15) is 5.65 Å². The van der Waals surface area contributed by atoms with E-state index in [-0.39, 0.29) is 29.7 Å². The number of fused-ring (bicyclic) bond motifs is 1. The molecule has 5 rings (SSSR count). The predicted molar refractivity (Wildman–Crippen MR) is 136 cm³/mol. The molecule has 2 amide bonds. The van der Waals surface area contributed by atoms with Crippen molar-refractivity contribution in [1.29, 1.82) is 0 Å². The van der Waals surface area contributed by atoms with Gasteiger partial charge in [-0.25, -0.2) is 9.78 Å². The Morgan fingerprint density at radius 2 is 2.03 bits per heavy atom. The lowest BCUT2D eigenvalue weighted by Gasteiger charge is -2.20. The summed E-state index contributed by atoms with van der Waals surface area (Å²) in [5, 5.41) is 7.12. The molecule has 4 heterocycles. The Labute approximate surface area is 204 Å². The van der Waals surface area contributed by atoms with Crippen LogP contribution in [0.2, 0.25) is 0 Å². The van der Waals surface area contributed by atoms with Gasteiger partial charge in [-0.15, -0.1) is 0 Å². The number of rotatable bonds is 5. The van der Waals surface area contributed by atoms with E-state index in [1.807, 2.05) is 51.1 Å². The van der Waals surface area contributed by atoms with Crippen LogP contribution in [0.25, 0.3) is 22.2 Å². The third kappa shape index (κ3) is 4.73. The number of likely N-dealkylation sites (tertiary alicyclic amines) is 1. The topological polar surface area (TPSA) is 101 Å². The first-order chi connectivity index (χ1) is 16.9. The number of aryl methyl sites for hydroxylation is 1. The summed E-state index contributed by atoms with van der Waals surface area (Å²) in [6.07, 6.45) is 3.35. The minimum atomic E-state index is -0.0709. The predicted octanol–water partition coefficient (Wildman–Crippen LogP) is 3.33. The molecule has 2 fully saturated rings. The van der Waals surface area contributed by atoms with Crippen molar-refractivity contribution in [3.8, 4) is 11.1 Å². The number of hydrogen-bond donors (Lipinski definition) is 2. The molecule has 9 nitrogen and oxygen atoms in total. The maximum atomic E-state index is 13.8. The number of nitrogens with one attached hydrogen (secondary N) is 2. The summed E-state index contributed by atoms with van der Waals surface area (Å²) in [7, 11) is 0. The second-order valence-electron chi connectivity index (χ2n) is 9.72. The van der Waals surface area contributed by atoms with Crippen LogP contribution in [0.15, 0.2) is 41.3 Å². The van der Waals surface area contributed by atoms with Gasteiger partial charge in [0.2, 0.25) is 5.95 Å². The molecule has 3 aromatic rings. The Bertz CT molecular complexity index is 1300. The SMILES string of the molecule is Cc1ccccc1-c1cc2cnc(N[C@H]3CCN(C(=O)NC(C)C)C3)nc2n(C2CCOC2)c1=O. The molecule has 0 spiro atoms. The number of carbonyl (C=O) groups excluding carboxylic acids is 1. The summed E-state index contributed by atoms with van der Waals surface area (Å²) in [5.41, 5.74) is 3.15. The molecule has 2 N–H and O–H groups in total. The standard InChI is InChI=1S/C26H32N6O3/c1-16(2)28-26(34)31-10-8-19(14-31)29-25-27-13-18-12-22(21-7-5-4-6-17(21)3)24(33)32(23(18)30-25)20-9-11-35-15-20/h4-7,12-13,16,19-20H,8-11,14-15H2,1-3H3,(H,28,34)(H,27,29,30)/t19-,20?/m0/s1. The molecule has 1 aromatic carbocycles. The van der Waals surface area contributed by atoms with Crippen molar-refractivity contribution in [1.82, 2.24) is 24.8 Å². The van der Waals surface area contributed by atoms with Gasteiger partial charge in [0, 0.05) is 48.9 Å². The smallest absolute Gasteiger partial charge is 0.317 e. The van der Waals surface area contributed by atoms with Gasteiger partial charge in [0.15, 0.2) is 0 Å². The van der Waals surface area contributed by atoms with Crippen LogP contribution in [-0.2, 0) is 4.74 Å². The average molecular weight is 477 g/mol. The van der Waals surface area contributed by atoms with Crippen LogP contribution in [0.4, 0.5) is 10.7 Å². The maximum absolute atomic E-state index is 13.8. The Kier molecular flexibility index (Phi) is 6.42. The Morgan fingerprint density at radius 3 is 2.77 bits per heavy atom. The second kappa shape index (κ2) is 9.65. The molecule has 184 valence electrons. The zero-order chi connectivity index (χ0) is 24.5. The van der Waals surface area contributed by atoms with Crippen LogP contribution in [0.5, 0.6) is 0 Å². The number of hydrogen-bond acceptors (Lipinski definition) is 6. The van der Waals surface area contributed by atoms with Gasteiger partial charge in [-0.3, -0.25) is 9.36 Å². The van der Waals surface area contributed by atoms with Crippen molar-refractivity contribution in [2.24, 2.45) is 0 Å². The minimum Gasteiger partial charge on any atom is -0.379 e. The van der Waals surface area contributed by atoms with Crippen LogP contribution < -0.4 is 16.2 Å². The molecule has 1 unspecified atom stereocenters. The number of aromatic nitrogens is 3. The molecule has 0 aliphatic carbocycles. The molecular weight excluding hydrogens is 444 g/mol. The summed E-state index contributed by atoms with van der Waals surface area (Å²) >= 11 is 0. The van der Waals surface area contributed by atoms with Crippen molar-refractivity contribution in [2.45, 2.75) is 51.7 Å². The van der Waals surface area contributed by atoms with Crippen molar-refractivity contribution >= 4 is 23.0 Å². The lowest BCUT2D eigenvalue weighted by atomic mass is 10.0. The average Bonchev–Trinajstić information content (AvgIpc) is 3.51. The Balaban J connectivity index is 1.48. The lowest BCUT2D eigenvalue weighted by Crippen LogP contribution is -2.42. The van der Waals surface area contributed by atoms with Gasteiger partial charge in [0.05, 0.1) is 12.6 Å². The summed E-state index contributed by atoms with van der Waals surface area (Å²) in [5.74, 6) is 0.462. The van der Waals surface area contributed by atoms with E-state index in [1.54, 1.807) is 15.7 Å². The highest BCUT2D eigenvalue weighted by atomic mass is 16.5. The van der Waals surface area contributed by atoms with E-state index in [0.717, 1.165) is 29.4 Å². The number of benzene rings is 1. The quantitative estimate of drug-likeness (QED) is 0.586. The number of carbonyl (C=O) groups is 1. The molecule has 2 saturated heterocycles. The van der Waals surface area contributed by atoms with Crippen molar-refractivity contribution in [3.05, 3.63) is 52.4 Å². The van der Waals surface area contributed by atoms with Gasteiger partial charge < -0.3 is 20.3 Å². The molecule has 2 aromatic heterocycles. The van der Waals surface area contributed by atoms with Gasteiger partial charge in [-0.2, -0.15) is 4.98 Å². The van der Waals surface area contributed by atoms with Crippen molar-refractivity contribution in [3.63, 3.8) is 0 Å². The summed E-state index contributed by atoms with van der Waals surface area (Å²) in [4.78, 5) is 37.2. The first-order valence-electron chi connectivity index (χ1n) is 12.3. The van der Waals surface area contributed by atoms with E-state index < -0.39 is 0 Å². The maximum Gasteiger partial charge on any atom is 0.317 e. The summed E-state index contributed by atoms with van der Waals surface area (Å²) in [6, 6.07) is 9.82. The number of ether oxygens (including phenoxy) is 1. The molecule has 0 saturated carbocycles. The van der Waals surface area contributed by atoms with Crippen molar-refractivity contribution < 1.29 is 9.53 Å². The van der Waals surface area contributed by atoms with Gasteiger partial charge in [-0.1, -0.05) is 24.3 Å². The normalized spacial score (nSPS) is 20.1. The zero-order valence-corrected chi connectivity index (χ0v) is 20.5. The third-order valence-electron chi connectivity index (χ3n) is 6.70. The highest BCUT2D eigenvalue weighted by Gasteiger charge is 2.28. The van der Waals surface area contributed by atoms with E-state index in [2.05, 4.69) is 15.6 Å². The minimum absolute atomic E-state index is 0.0478. The van der Waals surface area contributed by atoms with Gasteiger partial charge in [0.25, 0.3) is 5.56 Å². The van der Waals surface area contributed by atoms with E-state index in [1.165, 1.54) is 0 Å². The Morgan fingerprint density at radius 1 is 1.20 bits per heavy atom. The van der Waals surface area contributed by atoms with Crippen LogP contribution >= 0.6 is 0 Å². The molecular formula is C26H32N6O3. The monoisotopic (exact) mass is 476 g/mol. The number of urea groups is 1. The molecule has 35 heavy (non-hydrogen) atoms. The number of amides is 2. The van der Waals surface area contributed by atoms with E-state index in [0.29, 0.717) is 43.5 Å². The van der Waals surface area contributed by atoms with E-state index >= 15 is 0 Å². The lowest BCUT2D eigenvalue weighted by molar-refractivity contribution is 0.186. The number of pyridine rings is 1. The molecule has 9 heteroatoms. The van der Waals surface area contributed by atoms with E-state index in [9.17, 15) is 9.59 Å². The second-order valence-corrected chi connectivity index (χ2v) is 9.72. The first kappa shape index (κ1) is 23.3. The summed E-state index contributed by atoms with van der Waals surface area (Å²) < 4.78 is 7.41. The molecule has 2 aliphatic heterocycles. The van der Waals surface area contributed by atoms with Crippen LogP contribution in [0, 0.1) is 6.92 Å². The van der Waals surface area contributed by atoms with E-state index in [4.69, 9.17) is 9.72 Å². The number of anilines is 1. The van der Waals surface area contributed by atoms with Gasteiger partial charge >= 0.3 is 6.03 Å². The van der Waals surface area contributed by atoms with Crippen LogP contribution in [0.3, 0.4) is 0 Å². The Hall–Kier alpha value is -3.46. The number of nitrogens with zero attached hydrogens (tertiary/aromatic N) is 4. The molecule has 0 radical (unpaired) electrons. The fraction of sp³-hybridized carbons (Fsp3) is 0.462. The molecule has 2 aliphatic rings. The zero-order valence-electron chi connectivity index (χ0n) is 20.5. The first-order valence-corrected chi connectivity index (χ1v) is 12.3.